The van der Waals surface area contributed by atoms with Crippen LogP contribution < -0.4 is 25.4 Å². The minimum Gasteiger partial charge on any atom is -0.493 e. The fourth-order valence-electron chi connectivity index (χ4n) is 2.21. The Balaban J connectivity index is 1.93. The minimum absolute atomic E-state index is 0.0832. The summed E-state index contributed by atoms with van der Waals surface area (Å²) in [6.07, 6.45) is 0. The lowest BCUT2D eigenvalue weighted by atomic mass is 10.2. The van der Waals surface area contributed by atoms with Gasteiger partial charge in [0, 0.05) is 30.1 Å². The number of amides is 2. The van der Waals surface area contributed by atoms with Gasteiger partial charge in [0.05, 0.1) is 20.8 Å². The van der Waals surface area contributed by atoms with Crippen LogP contribution in [0.5, 0.6) is 11.5 Å². The fraction of sp³-hybridized carbons (Fsp3) is 0.222. The number of rotatable bonds is 7. The number of benzene rings is 2. The summed E-state index contributed by atoms with van der Waals surface area (Å²) in [6.45, 7) is 1.51. The maximum absolute atomic E-state index is 12.1. The Morgan fingerprint density at radius 1 is 0.880 bits per heavy atom. The number of methoxy groups -OCH3 is 2. The highest BCUT2D eigenvalue weighted by atomic mass is 16.5. The van der Waals surface area contributed by atoms with Gasteiger partial charge in [-0.15, -0.1) is 0 Å². The van der Waals surface area contributed by atoms with Crippen molar-refractivity contribution < 1.29 is 19.1 Å². The largest absolute Gasteiger partial charge is 0.493 e. The molecule has 0 aliphatic rings. The van der Waals surface area contributed by atoms with Crippen molar-refractivity contribution in [3.63, 3.8) is 0 Å². The Morgan fingerprint density at radius 3 is 2.20 bits per heavy atom. The summed E-state index contributed by atoms with van der Waals surface area (Å²) in [5.41, 5.74) is 1.96. The van der Waals surface area contributed by atoms with Gasteiger partial charge in [-0.05, 0) is 30.3 Å². The molecule has 0 saturated heterocycles. The molecular weight excluding hydrogens is 322 g/mol. The maximum atomic E-state index is 12.1. The van der Waals surface area contributed by atoms with Crippen LogP contribution in [0.4, 0.5) is 17.1 Å². The molecule has 0 saturated carbocycles. The van der Waals surface area contributed by atoms with E-state index in [0.29, 0.717) is 22.9 Å². The van der Waals surface area contributed by atoms with Crippen LogP contribution in [0.1, 0.15) is 6.92 Å². The molecule has 0 spiro atoms. The summed E-state index contributed by atoms with van der Waals surface area (Å²) in [7, 11) is 3.11. The second kappa shape index (κ2) is 8.58. The first-order valence-electron chi connectivity index (χ1n) is 7.65. The summed E-state index contributed by atoms with van der Waals surface area (Å²) in [4.78, 5) is 23.2. The number of hydrogen-bond acceptors (Lipinski definition) is 5. The van der Waals surface area contributed by atoms with Crippen molar-refractivity contribution in [3.8, 4) is 11.5 Å². The average Bonchev–Trinajstić information content (AvgIpc) is 2.59. The van der Waals surface area contributed by atoms with E-state index in [1.807, 2.05) is 0 Å². The van der Waals surface area contributed by atoms with Crippen LogP contribution in [0.3, 0.4) is 0 Å². The molecule has 2 rings (SSSR count). The van der Waals surface area contributed by atoms with Gasteiger partial charge in [-0.2, -0.15) is 0 Å². The highest BCUT2D eigenvalue weighted by molar-refractivity contribution is 5.95. The molecule has 7 nitrogen and oxygen atoms in total. The molecular formula is C18H21N3O4. The van der Waals surface area contributed by atoms with E-state index in [4.69, 9.17) is 9.47 Å². The van der Waals surface area contributed by atoms with E-state index in [0.717, 1.165) is 5.69 Å². The Hall–Kier alpha value is -3.22. The molecule has 2 aromatic rings. The highest BCUT2D eigenvalue weighted by Gasteiger charge is 2.07. The van der Waals surface area contributed by atoms with Gasteiger partial charge < -0.3 is 25.4 Å². The number of nitrogens with one attached hydrogen (secondary N) is 3. The number of ether oxygens (including phenoxy) is 2. The standard InChI is InChI=1S/C18H21N3O4/c1-12(22)20-14-5-4-6-15(9-14)21-18(23)11-19-13-7-8-16(24-2)17(10-13)25-3/h4-10,19H,11H2,1-3H3,(H,20,22)(H,21,23). The predicted octanol–water partition coefficient (Wildman–Crippen LogP) is 2.71. The van der Waals surface area contributed by atoms with E-state index in [-0.39, 0.29) is 18.4 Å². The smallest absolute Gasteiger partial charge is 0.243 e. The van der Waals surface area contributed by atoms with Crippen molar-refractivity contribution in [3.05, 3.63) is 42.5 Å². The third-order valence-corrected chi connectivity index (χ3v) is 3.30. The Labute approximate surface area is 146 Å². The first kappa shape index (κ1) is 18.1. The van der Waals surface area contributed by atoms with Gasteiger partial charge in [0.25, 0.3) is 0 Å². The molecule has 0 bridgehead atoms. The number of carbonyl (C=O) groups excluding carboxylic acids is 2. The van der Waals surface area contributed by atoms with E-state index in [2.05, 4.69) is 16.0 Å². The van der Waals surface area contributed by atoms with Gasteiger partial charge in [0.1, 0.15) is 0 Å². The first-order valence-corrected chi connectivity index (χ1v) is 7.65. The minimum atomic E-state index is -0.213. The monoisotopic (exact) mass is 343 g/mol. The molecule has 132 valence electrons. The topological polar surface area (TPSA) is 88.7 Å². The zero-order chi connectivity index (χ0) is 18.2. The molecule has 7 heteroatoms. The highest BCUT2D eigenvalue weighted by Crippen LogP contribution is 2.29. The molecule has 0 aromatic heterocycles. The van der Waals surface area contributed by atoms with E-state index < -0.39 is 0 Å². The molecule has 2 amide bonds. The Bertz CT molecular complexity index is 762. The lowest BCUT2D eigenvalue weighted by Crippen LogP contribution is -2.21. The van der Waals surface area contributed by atoms with Crippen LogP contribution in [0.25, 0.3) is 0 Å². The van der Waals surface area contributed by atoms with E-state index in [1.54, 1.807) is 56.7 Å². The van der Waals surface area contributed by atoms with E-state index >= 15 is 0 Å². The summed E-state index contributed by atoms with van der Waals surface area (Å²) in [6, 6.07) is 12.3. The SMILES string of the molecule is COc1ccc(NCC(=O)Nc2cccc(NC(C)=O)c2)cc1OC. The third-order valence-electron chi connectivity index (χ3n) is 3.30. The van der Waals surface area contributed by atoms with Crippen LogP contribution in [-0.2, 0) is 9.59 Å². The first-order chi connectivity index (χ1) is 12.0. The molecule has 0 heterocycles. The number of hydrogen-bond donors (Lipinski definition) is 3. The van der Waals surface area contributed by atoms with Gasteiger partial charge in [-0.25, -0.2) is 0 Å². The second-order valence-electron chi connectivity index (χ2n) is 5.23. The van der Waals surface area contributed by atoms with Gasteiger partial charge in [0.2, 0.25) is 11.8 Å². The third kappa shape index (κ3) is 5.42. The Kier molecular flexibility index (Phi) is 6.22. The predicted molar refractivity (Wildman–Crippen MR) is 97.4 cm³/mol. The number of carbonyl (C=O) groups is 2. The second-order valence-corrected chi connectivity index (χ2v) is 5.23. The van der Waals surface area contributed by atoms with Crippen molar-refractivity contribution in [2.75, 3.05) is 36.7 Å². The zero-order valence-electron chi connectivity index (χ0n) is 14.4. The zero-order valence-corrected chi connectivity index (χ0v) is 14.4. The lowest BCUT2D eigenvalue weighted by molar-refractivity contribution is -0.115. The molecule has 3 N–H and O–H groups in total. The maximum Gasteiger partial charge on any atom is 0.243 e. The molecule has 0 aliphatic carbocycles. The van der Waals surface area contributed by atoms with Crippen LogP contribution in [0.2, 0.25) is 0 Å². The number of anilines is 3. The quantitative estimate of drug-likeness (QED) is 0.719. The van der Waals surface area contributed by atoms with Crippen molar-refractivity contribution in [1.29, 1.82) is 0 Å². The summed E-state index contributed by atoms with van der Waals surface area (Å²) >= 11 is 0. The van der Waals surface area contributed by atoms with Gasteiger partial charge in [0.15, 0.2) is 11.5 Å². The molecule has 0 aliphatic heterocycles. The van der Waals surface area contributed by atoms with Gasteiger partial charge >= 0.3 is 0 Å². The summed E-state index contributed by atoms with van der Waals surface area (Å²) < 4.78 is 10.4. The van der Waals surface area contributed by atoms with Crippen molar-refractivity contribution in [2.24, 2.45) is 0 Å². The molecule has 0 fully saturated rings. The molecule has 0 radical (unpaired) electrons. The lowest BCUT2D eigenvalue weighted by Gasteiger charge is -2.12. The molecule has 0 unspecified atom stereocenters. The van der Waals surface area contributed by atoms with Crippen molar-refractivity contribution in [2.45, 2.75) is 6.92 Å². The average molecular weight is 343 g/mol. The Morgan fingerprint density at radius 2 is 1.56 bits per heavy atom. The van der Waals surface area contributed by atoms with Gasteiger partial charge in [-0.1, -0.05) is 6.07 Å². The van der Waals surface area contributed by atoms with E-state index in [9.17, 15) is 9.59 Å². The van der Waals surface area contributed by atoms with Crippen LogP contribution in [0.15, 0.2) is 42.5 Å². The molecule has 0 atom stereocenters. The van der Waals surface area contributed by atoms with Crippen LogP contribution in [0, 0.1) is 0 Å². The van der Waals surface area contributed by atoms with Crippen LogP contribution in [-0.4, -0.2) is 32.6 Å². The van der Waals surface area contributed by atoms with Gasteiger partial charge in [-0.3, -0.25) is 9.59 Å². The molecule has 2 aromatic carbocycles. The van der Waals surface area contributed by atoms with Crippen LogP contribution >= 0.6 is 0 Å². The summed E-state index contributed by atoms with van der Waals surface area (Å²) in [5.74, 6) is 0.816. The fourth-order valence-corrected chi connectivity index (χ4v) is 2.21. The summed E-state index contributed by atoms with van der Waals surface area (Å²) in [5, 5.41) is 8.46. The van der Waals surface area contributed by atoms with E-state index in [1.165, 1.54) is 6.92 Å². The molecule has 25 heavy (non-hydrogen) atoms. The normalized spacial score (nSPS) is 9.88. The van der Waals surface area contributed by atoms with Crippen molar-refractivity contribution >= 4 is 28.9 Å². The van der Waals surface area contributed by atoms with Crippen molar-refractivity contribution in [1.82, 2.24) is 0 Å².